The van der Waals surface area contributed by atoms with Crippen molar-refractivity contribution in [3.05, 3.63) is 35.9 Å². The average molecular weight is 246 g/mol. The van der Waals surface area contributed by atoms with Crippen LogP contribution in [0, 0.1) is 0 Å². The van der Waals surface area contributed by atoms with Crippen LogP contribution in [0.4, 0.5) is 0 Å². The van der Waals surface area contributed by atoms with E-state index in [0.29, 0.717) is 13.2 Å². The van der Waals surface area contributed by atoms with Crippen molar-refractivity contribution in [3.8, 4) is 0 Å². The summed E-state index contributed by atoms with van der Waals surface area (Å²) in [4.78, 5) is 21.7. The van der Waals surface area contributed by atoms with Crippen molar-refractivity contribution in [1.29, 1.82) is 0 Å². The van der Waals surface area contributed by atoms with Gasteiger partial charge in [-0.1, -0.05) is 30.3 Å². The minimum atomic E-state index is -2.62. The van der Waals surface area contributed by atoms with E-state index in [2.05, 4.69) is 12.1 Å². The van der Waals surface area contributed by atoms with E-state index in [0.717, 1.165) is 6.61 Å². The molecule has 0 bridgehead atoms. The lowest BCUT2D eigenvalue weighted by Gasteiger charge is -2.22. The molecule has 1 saturated heterocycles. The van der Waals surface area contributed by atoms with E-state index < -0.39 is 8.60 Å². The maximum atomic E-state index is 7.23. The van der Waals surface area contributed by atoms with Crippen LogP contribution in [0.25, 0.3) is 0 Å². The molecule has 16 heavy (non-hydrogen) atoms. The lowest BCUT2D eigenvalue weighted by atomic mass is 10.1. The van der Waals surface area contributed by atoms with Crippen LogP contribution in [-0.2, 0) is 9.47 Å². The quantitative estimate of drug-likeness (QED) is 0.643. The van der Waals surface area contributed by atoms with Crippen LogP contribution in [0.2, 0.25) is 0 Å². The van der Waals surface area contributed by atoms with Gasteiger partial charge >= 0.3 is 8.60 Å². The molecule has 1 aliphatic heterocycles. The molecule has 1 unspecified atom stereocenters. The largest absolute Gasteiger partial charge is 0.376 e. The highest BCUT2D eigenvalue weighted by atomic mass is 31.2. The number of benzene rings is 1. The molecule has 6 heteroatoms. The fourth-order valence-electron chi connectivity index (χ4n) is 1.35. The number of ether oxygens (including phenoxy) is 2. The van der Waals surface area contributed by atoms with Gasteiger partial charge in [0.05, 0.1) is 19.8 Å². The molecule has 1 aromatic rings. The molecule has 0 spiro atoms. The molecule has 2 rings (SSSR count). The van der Waals surface area contributed by atoms with Crippen LogP contribution in [0.3, 0.4) is 0 Å². The summed E-state index contributed by atoms with van der Waals surface area (Å²) >= 11 is 0. The Morgan fingerprint density at radius 1 is 1.06 bits per heavy atom. The highest BCUT2D eigenvalue weighted by molar-refractivity contribution is 7.38. The van der Waals surface area contributed by atoms with Gasteiger partial charge in [0, 0.05) is 0 Å². The zero-order valence-corrected chi connectivity index (χ0v) is 9.59. The first-order valence-electron chi connectivity index (χ1n) is 4.81. The van der Waals surface area contributed by atoms with Crippen molar-refractivity contribution >= 4 is 8.60 Å². The van der Waals surface area contributed by atoms with Crippen LogP contribution in [0.1, 0.15) is 11.7 Å². The third-order valence-electron chi connectivity index (χ3n) is 1.99. The summed E-state index contributed by atoms with van der Waals surface area (Å²) in [6.45, 7) is 2.12. The molecule has 5 nitrogen and oxygen atoms in total. The summed E-state index contributed by atoms with van der Waals surface area (Å²) in [5, 5.41) is 0. The van der Waals surface area contributed by atoms with Gasteiger partial charge in [-0.25, -0.2) is 0 Å². The van der Waals surface area contributed by atoms with Gasteiger partial charge in [0.15, 0.2) is 0 Å². The van der Waals surface area contributed by atoms with E-state index in [1.54, 1.807) is 0 Å². The summed E-state index contributed by atoms with van der Waals surface area (Å²) in [6.07, 6.45) is 0.139. The predicted octanol–water partition coefficient (Wildman–Crippen LogP) is 0.965. The maximum Gasteiger partial charge on any atom is 0.324 e. The summed E-state index contributed by atoms with van der Waals surface area (Å²) < 4.78 is 10.9. The Balaban J connectivity index is 0.000000280. The number of hydrogen-bond donors (Lipinski definition) is 3. The minimum Gasteiger partial charge on any atom is -0.376 e. The third-order valence-corrected chi connectivity index (χ3v) is 1.99. The van der Waals surface area contributed by atoms with Gasteiger partial charge in [-0.05, 0) is 5.56 Å². The minimum absolute atomic E-state index is 0.139. The summed E-state index contributed by atoms with van der Waals surface area (Å²) in [5.41, 5.74) is 1.21. The van der Waals surface area contributed by atoms with Gasteiger partial charge in [-0.2, -0.15) is 0 Å². The molecular formula is C10H15O5P. The second-order valence-electron chi connectivity index (χ2n) is 3.11. The van der Waals surface area contributed by atoms with Crippen LogP contribution in [0.5, 0.6) is 0 Å². The molecule has 3 N–H and O–H groups in total. The van der Waals surface area contributed by atoms with Crippen molar-refractivity contribution in [2.45, 2.75) is 6.10 Å². The summed E-state index contributed by atoms with van der Waals surface area (Å²) in [6, 6.07) is 10.2. The van der Waals surface area contributed by atoms with Crippen LogP contribution in [-0.4, -0.2) is 34.5 Å². The first kappa shape index (κ1) is 13.5. The SMILES string of the molecule is OP(O)O.c1ccc(C2COCCO2)cc1. The molecule has 1 atom stereocenters. The molecule has 0 aromatic heterocycles. The summed E-state index contributed by atoms with van der Waals surface area (Å²) in [5.74, 6) is 0. The molecule has 90 valence electrons. The van der Waals surface area contributed by atoms with Gasteiger partial charge in [-0.15, -0.1) is 0 Å². The van der Waals surface area contributed by atoms with Gasteiger partial charge in [-0.3, -0.25) is 0 Å². The average Bonchev–Trinajstić information content (AvgIpc) is 2.31. The van der Waals surface area contributed by atoms with Gasteiger partial charge in [0.2, 0.25) is 0 Å². The monoisotopic (exact) mass is 246 g/mol. The van der Waals surface area contributed by atoms with Crippen LogP contribution < -0.4 is 0 Å². The molecular weight excluding hydrogens is 231 g/mol. The Labute approximate surface area is 95.3 Å². The summed E-state index contributed by atoms with van der Waals surface area (Å²) in [7, 11) is -2.62. The van der Waals surface area contributed by atoms with Gasteiger partial charge < -0.3 is 24.2 Å². The first-order valence-corrected chi connectivity index (χ1v) is 6.01. The second kappa shape index (κ2) is 7.68. The van der Waals surface area contributed by atoms with Crippen molar-refractivity contribution < 1.29 is 24.2 Å². The Bertz CT molecular complexity index is 271. The standard InChI is InChI=1S/C10H12O2.H3O3P/c1-2-4-9(5-3-1)10-8-11-6-7-12-10;1-4(2)3/h1-5,10H,6-8H2;1-3H. The van der Waals surface area contributed by atoms with Crippen molar-refractivity contribution in [2.75, 3.05) is 19.8 Å². The lowest BCUT2D eigenvalue weighted by molar-refractivity contribution is -0.0901. The van der Waals surface area contributed by atoms with Crippen molar-refractivity contribution in [3.63, 3.8) is 0 Å². The predicted molar refractivity (Wildman–Crippen MR) is 59.5 cm³/mol. The van der Waals surface area contributed by atoms with Crippen molar-refractivity contribution in [1.82, 2.24) is 0 Å². The maximum absolute atomic E-state index is 7.23. The molecule has 0 saturated carbocycles. The molecule has 1 fully saturated rings. The number of rotatable bonds is 1. The molecule has 1 aromatic carbocycles. The van der Waals surface area contributed by atoms with E-state index in [-0.39, 0.29) is 6.10 Å². The fraction of sp³-hybridized carbons (Fsp3) is 0.400. The third kappa shape index (κ3) is 5.51. The number of hydrogen-bond acceptors (Lipinski definition) is 5. The van der Waals surface area contributed by atoms with Gasteiger partial charge in [0.1, 0.15) is 6.10 Å². The Morgan fingerprint density at radius 2 is 1.69 bits per heavy atom. The van der Waals surface area contributed by atoms with Crippen LogP contribution in [0.15, 0.2) is 30.3 Å². The van der Waals surface area contributed by atoms with E-state index in [9.17, 15) is 0 Å². The van der Waals surface area contributed by atoms with Gasteiger partial charge in [0.25, 0.3) is 0 Å². The van der Waals surface area contributed by atoms with Crippen LogP contribution >= 0.6 is 8.60 Å². The normalized spacial score (nSPS) is 20.1. The fourth-order valence-corrected chi connectivity index (χ4v) is 1.35. The van der Waals surface area contributed by atoms with E-state index in [4.69, 9.17) is 24.2 Å². The molecule has 0 amide bonds. The topological polar surface area (TPSA) is 79.2 Å². The lowest BCUT2D eigenvalue weighted by Crippen LogP contribution is -2.21. The highest BCUT2D eigenvalue weighted by Crippen LogP contribution is 2.19. The zero-order valence-electron chi connectivity index (χ0n) is 8.69. The molecule has 0 radical (unpaired) electrons. The van der Waals surface area contributed by atoms with E-state index in [1.165, 1.54) is 5.56 Å². The smallest absolute Gasteiger partial charge is 0.324 e. The van der Waals surface area contributed by atoms with E-state index >= 15 is 0 Å². The van der Waals surface area contributed by atoms with Crippen molar-refractivity contribution in [2.24, 2.45) is 0 Å². The Hall–Kier alpha value is -0.550. The Kier molecular flexibility index (Phi) is 6.49. The zero-order chi connectivity index (χ0) is 11.8. The molecule has 1 aliphatic rings. The van der Waals surface area contributed by atoms with E-state index in [1.807, 2.05) is 18.2 Å². The first-order chi connectivity index (χ1) is 7.70. The highest BCUT2D eigenvalue weighted by Gasteiger charge is 2.15. The Morgan fingerprint density at radius 3 is 2.19 bits per heavy atom. The molecule has 1 heterocycles. The second-order valence-corrected chi connectivity index (χ2v) is 3.65. The molecule has 0 aliphatic carbocycles.